The number of thiophene rings is 1. The molecule has 0 aromatic carbocycles. The van der Waals surface area contributed by atoms with Gasteiger partial charge in [-0.1, -0.05) is 0 Å². The molecule has 0 aliphatic carbocycles. The van der Waals surface area contributed by atoms with E-state index in [2.05, 4.69) is 0 Å². The van der Waals surface area contributed by atoms with Gasteiger partial charge < -0.3 is 14.4 Å². The Morgan fingerprint density at radius 3 is 2.31 bits per heavy atom. The molecule has 5 heteroatoms. The molecule has 1 aromatic rings. The first-order chi connectivity index (χ1) is 7.37. The third-order valence-corrected chi connectivity index (χ3v) is 4.40. The Balaban J connectivity index is 2.27. The largest absolute Gasteiger partial charge is 0.505 e. The molecule has 0 amide bonds. The minimum atomic E-state index is -0.354. The highest BCUT2D eigenvalue weighted by Gasteiger charge is 2.52. The smallest absolute Gasteiger partial charge is 0.399 e. The molecule has 1 fully saturated rings. The Labute approximate surface area is 101 Å². The minimum Gasteiger partial charge on any atom is -0.399 e. The second kappa shape index (κ2) is 3.84. The molecule has 3 nitrogen and oxygen atoms in total. The van der Waals surface area contributed by atoms with E-state index in [0.717, 1.165) is 10.3 Å². The van der Waals surface area contributed by atoms with Crippen molar-refractivity contribution in [2.75, 3.05) is 0 Å². The minimum absolute atomic E-state index is 0.0307. The van der Waals surface area contributed by atoms with Crippen LogP contribution in [-0.4, -0.2) is 23.4 Å². The highest BCUT2D eigenvalue weighted by molar-refractivity contribution is 7.21. The van der Waals surface area contributed by atoms with Gasteiger partial charge in [-0.25, -0.2) is 0 Å². The summed E-state index contributed by atoms with van der Waals surface area (Å²) in [7, 11) is -0.354. The van der Waals surface area contributed by atoms with E-state index < -0.39 is 0 Å². The van der Waals surface area contributed by atoms with Crippen LogP contribution in [0.1, 0.15) is 33.3 Å². The lowest BCUT2D eigenvalue weighted by atomic mass is 9.85. The van der Waals surface area contributed by atoms with E-state index in [-0.39, 0.29) is 24.9 Å². The summed E-state index contributed by atoms with van der Waals surface area (Å²) >= 11 is 1.56. The zero-order valence-electron chi connectivity index (χ0n) is 10.1. The summed E-state index contributed by atoms with van der Waals surface area (Å²) in [6.45, 7) is 8.14. The number of aliphatic hydroxyl groups excluding tert-OH is 1. The molecule has 1 aliphatic heterocycles. The van der Waals surface area contributed by atoms with Crippen LogP contribution >= 0.6 is 11.3 Å². The second-order valence-corrected chi connectivity index (χ2v) is 6.00. The lowest BCUT2D eigenvalue weighted by Crippen LogP contribution is -2.41. The van der Waals surface area contributed by atoms with Gasteiger partial charge >= 0.3 is 7.12 Å². The van der Waals surface area contributed by atoms with Crippen LogP contribution in [0, 0.1) is 0 Å². The first-order valence-corrected chi connectivity index (χ1v) is 6.28. The standard InChI is InChI=1S/C11H17BO3S/c1-10(2)11(3,4)15-12(14-10)9-8(7-13)5-6-16-9/h5-6,13H,7H2,1-4H3. The Bertz CT molecular complexity index is 370. The molecule has 0 radical (unpaired) electrons. The molecule has 1 aromatic heterocycles. The summed E-state index contributed by atoms with van der Waals surface area (Å²) in [4.78, 5) is 0. The lowest BCUT2D eigenvalue weighted by molar-refractivity contribution is 0.00578. The molecule has 2 heterocycles. The highest BCUT2D eigenvalue weighted by Crippen LogP contribution is 2.37. The van der Waals surface area contributed by atoms with Gasteiger partial charge in [0, 0.05) is 4.78 Å². The molecule has 1 N–H and O–H groups in total. The maximum Gasteiger partial charge on any atom is 0.505 e. The summed E-state index contributed by atoms with van der Waals surface area (Å²) in [5.74, 6) is 0. The molecular formula is C11H17BO3S. The fourth-order valence-corrected chi connectivity index (χ4v) is 2.51. The Morgan fingerprint density at radius 1 is 1.25 bits per heavy atom. The van der Waals surface area contributed by atoms with E-state index in [0.29, 0.717) is 0 Å². The third kappa shape index (κ3) is 1.82. The van der Waals surface area contributed by atoms with Gasteiger partial charge in [-0.05, 0) is 44.7 Å². The lowest BCUT2D eigenvalue weighted by Gasteiger charge is -2.32. The van der Waals surface area contributed by atoms with Crippen molar-refractivity contribution in [2.45, 2.75) is 45.5 Å². The first kappa shape index (κ1) is 12.1. The Hall–Kier alpha value is -0.355. The van der Waals surface area contributed by atoms with Crippen LogP contribution in [0.3, 0.4) is 0 Å². The Kier molecular flexibility index (Phi) is 2.91. The average Bonchev–Trinajstić information content (AvgIpc) is 2.69. The van der Waals surface area contributed by atoms with Crippen LogP contribution in [0.25, 0.3) is 0 Å². The van der Waals surface area contributed by atoms with Gasteiger partial charge in [-0.15, -0.1) is 0 Å². The van der Waals surface area contributed by atoms with Gasteiger partial charge in [0.1, 0.15) is 0 Å². The van der Waals surface area contributed by atoms with Crippen molar-refractivity contribution in [1.82, 2.24) is 0 Å². The quantitative estimate of drug-likeness (QED) is 0.797. The van der Waals surface area contributed by atoms with Crippen molar-refractivity contribution in [3.63, 3.8) is 0 Å². The van der Waals surface area contributed by atoms with Crippen molar-refractivity contribution >= 4 is 23.2 Å². The molecule has 16 heavy (non-hydrogen) atoms. The Morgan fingerprint density at radius 2 is 1.81 bits per heavy atom. The van der Waals surface area contributed by atoms with Gasteiger partial charge in [0.25, 0.3) is 0 Å². The number of hydrogen-bond acceptors (Lipinski definition) is 4. The van der Waals surface area contributed by atoms with E-state index in [1.165, 1.54) is 0 Å². The van der Waals surface area contributed by atoms with Crippen molar-refractivity contribution in [1.29, 1.82) is 0 Å². The van der Waals surface area contributed by atoms with Gasteiger partial charge in [-0.3, -0.25) is 0 Å². The molecule has 1 saturated heterocycles. The van der Waals surface area contributed by atoms with Crippen molar-refractivity contribution in [3.05, 3.63) is 17.0 Å². The molecule has 0 spiro atoms. The zero-order valence-corrected chi connectivity index (χ0v) is 10.9. The molecule has 0 atom stereocenters. The summed E-state index contributed by atoms with van der Waals surface area (Å²) < 4.78 is 12.8. The second-order valence-electron chi connectivity index (χ2n) is 5.06. The summed E-state index contributed by atoms with van der Waals surface area (Å²) in [6.07, 6.45) is 0. The molecule has 88 valence electrons. The van der Waals surface area contributed by atoms with E-state index in [1.54, 1.807) is 11.3 Å². The zero-order chi connectivity index (χ0) is 12.0. The van der Waals surface area contributed by atoms with Crippen LogP contribution in [-0.2, 0) is 15.9 Å². The van der Waals surface area contributed by atoms with Crippen LogP contribution in [0.4, 0.5) is 0 Å². The normalized spacial score (nSPS) is 22.7. The molecule has 0 saturated carbocycles. The van der Waals surface area contributed by atoms with Crippen molar-refractivity contribution in [3.8, 4) is 0 Å². The summed E-state index contributed by atoms with van der Waals surface area (Å²) in [5.41, 5.74) is 0.242. The molecule has 2 rings (SSSR count). The third-order valence-electron chi connectivity index (χ3n) is 3.42. The first-order valence-electron chi connectivity index (χ1n) is 5.40. The predicted octanol–water partition coefficient (Wildman–Crippen LogP) is 1.54. The molecule has 0 bridgehead atoms. The predicted molar refractivity (Wildman–Crippen MR) is 66.0 cm³/mol. The number of aliphatic hydroxyl groups is 1. The molecule has 0 unspecified atom stereocenters. The summed E-state index contributed by atoms with van der Waals surface area (Å²) in [5, 5.41) is 11.2. The van der Waals surface area contributed by atoms with E-state index in [9.17, 15) is 5.11 Å². The molecule has 1 aliphatic rings. The SMILES string of the molecule is CC1(C)OB(c2sccc2CO)OC1(C)C. The van der Waals surface area contributed by atoms with E-state index in [4.69, 9.17) is 9.31 Å². The van der Waals surface area contributed by atoms with Crippen LogP contribution < -0.4 is 4.78 Å². The van der Waals surface area contributed by atoms with Gasteiger partial charge in [0.15, 0.2) is 0 Å². The van der Waals surface area contributed by atoms with Crippen molar-refractivity contribution in [2.24, 2.45) is 0 Å². The van der Waals surface area contributed by atoms with Gasteiger partial charge in [-0.2, -0.15) is 11.3 Å². The highest BCUT2D eigenvalue weighted by atomic mass is 32.1. The van der Waals surface area contributed by atoms with Gasteiger partial charge in [0.2, 0.25) is 0 Å². The maximum absolute atomic E-state index is 9.22. The van der Waals surface area contributed by atoms with Crippen molar-refractivity contribution < 1.29 is 14.4 Å². The van der Waals surface area contributed by atoms with Crippen LogP contribution in [0.15, 0.2) is 11.4 Å². The number of hydrogen-bond donors (Lipinski definition) is 1. The maximum atomic E-state index is 9.22. The van der Waals surface area contributed by atoms with E-state index >= 15 is 0 Å². The summed E-state index contributed by atoms with van der Waals surface area (Å²) in [6, 6.07) is 1.91. The van der Waals surface area contributed by atoms with E-state index in [1.807, 2.05) is 39.1 Å². The topological polar surface area (TPSA) is 38.7 Å². The van der Waals surface area contributed by atoms with Crippen LogP contribution in [0.2, 0.25) is 0 Å². The fourth-order valence-electron chi connectivity index (χ4n) is 1.63. The monoisotopic (exact) mass is 240 g/mol. The van der Waals surface area contributed by atoms with Crippen LogP contribution in [0.5, 0.6) is 0 Å². The average molecular weight is 240 g/mol. The fraction of sp³-hybridized carbons (Fsp3) is 0.636. The number of rotatable bonds is 2. The molecular weight excluding hydrogens is 223 g/mol. The van der Waals surface area contributed by atoms with Gasteiger partial charge in [0.05, 0.1) is 17.8 Å².